The van der Waals surface area contributed by atoms with Gasteiger partial charge in [-0.2, -0.15) is 0 Å². The highest BCUT2D eigenvalue weighted by Gasteiger charge is 2.37. The maximum absolute atomic E-state index is 13.5. The lowest BCUT2D eigenvalue weighted by Crippen LogP contribution is -2.54. The van der Waals surface area contributed by atoms with Gasteiger partial charge in [0.2, 0.25) is 0 Å². The molecule has 4 aromatic carbocycles. The van der Waals surface area contributed by atoms with Gasteiger partial charge in [-0.3, -0.25) is 14.9 Å². The smallest absolute Gasteiger partial charge is 0.335 e. The molecule has 1 aliphatic heterocycles. The summed E-state index contributed by atoms with van der Waals surface area (Å²) in [5.41, 5.74) is 4.02. The van der Waals surface area contributed by atoms with E-state index in [1.54, 1.807) is 24.3 Å². The summed E-state index contributed by atoms with van der Waals surface area (Å²) in [7, 11) is 0. The molecule has 6 rings (SSSR count). The number of nitrogens with zero attached hydrogens (tertiary/aromatic N) is 2. The van der Waals surface area contributed by atoms with E-state index in [0.29, 0.717) is 12.2 Å². The minimum absolute atomic E-state index is 0.0989. The summed E-state index contributed by atoms with van der Waals surface area (Å²) >= 11 is 3.44. The normalized spacial score (nSPS) is 15.1. The van der Waals surface area contributed by atoms with Crippen molar-refractivity contribution in [2.75, 3.05) is 4.90 Å². The highest BCUT2D eigenvalue weighted by Crippen LogP contribution is 2.29. The zero-order valence-electron chi connectivity index (χ0n) is 20.4. The molecule has 0 radical (unpaired) electrons. The number of halogens is 1. The van der Waals surface area contributed by atoms with E-state index < -0.39 is 17.8 Å². The Kier molecular flexibility index (Phi) is 5.93. The molecule has 5 aromatic rings. The molecule has 7 heteroatoms. The predicted octanol–water partition coefficient (Wildman–Crippen LogP) is 6.58. The van der Waals surface area contributed by atoms with Gasteiger partial charge in [-0.05, 0) is 59.2 Å². The van der Waals surface area contributed by atoms with Crippen molar-refractivity contribution in [2.45, 2.75) is 13.5 Å². The lowest BCUT2D eigenvalue weighted by Gasteiger charge is -2.26. The van der Waals surface area contributed by atoms with Crippen LogP contribution in [0.3, 0.4) is 0 Å². The summed E-state index contributed by atoms with van der Waals surface area (Å²) in [6.07, 6.45) is 3.52. The first-order chi connectivity index (χ1) is 18.4. The van der Waals surface area contributed by atoms with Gasteiger partial charge in [0.25, 0.3) is 11.8 Å². The number of amides is 4. The third-order valence-corrected chi connectivity index (χ3v) is 7.73. The fraction of sp³-hybridized carbons (Fsp3) is 0.0645. The number of hydrogen-bond acceptors (Lipinski definition) is 3. The standard InChI is InChI=1S/C31H22BrN3O3/c1-19-15-23(13-14-27(19)32)35-30(37)26(29(36)33-31(35)38)16-22-18-34(28-12-5-4-11-25(22)28)17-21-9-6-8-20-7-2-3-10-24(20)21/h2-16,18H,17H2,1H3,(H,33,36,38)/b26-16+. The van der Waals surface area contributed by atoms with Gasteiger partial charge in [0.05, 0.1) is 5.69 Å². The number of rotatable bonds is 4. The van der Waals surface area contributed by atoms with Crippen LogP contribution < -0.4 is 10.2 Å². The molecule has 4 amide bonds. The van der Waals surface area contributed by atoms with Crippen LogP contribution in [-0.4, -0.2) is 22.4 Å². The van der Waals surface area contributed by atoms with Crippen molar-refractivity contribution < 1.29 is 14.4 Å². The number of nitrogens with one attached hydrogen (secondary N) is 1. The second-order valence-corrected chi connectivity index (χ2v) is 10.1. The van der Waals surface area contributed by atoms with Crippen LogP contribution in [0.15, 0.2) is 101 Å². The fourth-order valence-electron chi connectivity index (χ4n) is 4.95. The summed E-state index contributed by atoms with van der Waals surface area (Å²) < 4.78 is 2.98. The van der Waals surface area contributed by atoms with Gasteiger partial charge in [0.1, 0.15) is 5.57 Å². The first kappa shape index (κ1) is 23.9. The van der Waals surface area contributed by atoms with Crippen LogP contribution in [0.5, 0.6) is 0 Å². The number of para-hydroxylation sites is 1. The van der Waals surface area contributed by atoms with E-state index in [2.05, 4.69) is 50.1 Å². The largest absolute Gasteiger partial charge is 0.342 e. The SMILES string of the molecule is Cc1cc(N2C(=O)NC(=O)/C(=C\c3cn(Cc4cccc5ccccc45)c4ccccc34)C2=O)ccc1Br. The maximum Gasteiger partial charge on any atom is 0.335 e. The average Bonchev–Trinajstić information content (AvgIpc) is 3.26. The molecule has 0 atom stereocenters. The summed E-state index contributed by atoms with van der Waals surface area (Å²) in [6.45, 7) is 2.49. The van der Waals surface area contributed by atoms with Crippen LogP contribution in [0, 0.1) is 6.92 Å². The van der Waals surface area contributed by atoms with Crippen molar-refractivity contribution in [3.05, 3.63) is 118 Å². The lowest BCUT2D eigenvalue weighted by molar-refractivity contribution is -0.122. The molecule has 38 heavy (non-hydrogen) atoms. The predicted molar refractivity (Wildman–Crippen MR) is 153 cm³/mol. The van der Waals surface area contributed by atoms with Crippen LogP contribution in [0.25, 0.3) is 27.8 Å². The molecule has 1 saturated heterocycles. The van der Waals surface area contributed by atoms with Gasteiger partial charge >= 0.3 is 6.03 Å². The number of aromatic nitrogens is 1. The number of hydrogen-bond donors (Lipinski definition) is 1. The van der Waals surface area contributed by atoms with E-state index in [1.807, 2.05) is 55.6 Å². The van der Waals surface area contributed by atoms with Gasteiger partial charge in [-0.1, -0.05) is 76.6 Å². The molecule has 0 aliphatic carbocycles. The monoisotopic (exact) mass is 563 g/mol. The molecular formula is C31H22BrN3O3. The minimum Gasteiger partial charge on any atom is -0.342 e. The van der Waals surface area contributed by atoms with E-state index in [1.165, 1.54) is 10.8 Å². The van der Waals surface area contributed by atoms with Crippen molar-refractivity contribution in [1.29, 1.82) is 0 Å². The number of fused-ring (bicyclic) bond motifs is 2. The number of imide groups is 2. The summed E-state index contributed by atoms with van der Waals surface area (Å²) in [5.74, 6) is -1.37. The maximum atomic E-state index is 13.5. The van der Waals surface area contributed by atoms with Crippen molar-refractivity contribution in [1.82, 2.24) is 9.88 Å². The zero-order valence-corrected chi connectivity index (χ0v) is 22.0. The average molecular weight is 564 g/mol. The number of carbonyl (C=O) groups excluding carboxylic acids is 3. The van der Waals surface area contributed by atoms with Crippen molar-refractivity contribution in [2.24, 2.45) is 0 Å². The third-order valence-electron chi connectivity index (χ3n) is 6.84. The second kappa shape index (κ2) is 9.43. The van der Waals surface area contributed by atoms with Crippen molar-refractivity contribution in [3.63, 3.8) is 0 Å². The molecule has 1 N–H and O–H groups in total. The Balaban J connectivity index is 1.43. The molecule has 6 nitrogen and oxygen atoms in total. The number of barbiturate groups is 1. The minimum atomic E-state index is -0.766. The van der Waals surface area contributed by atoms with Gasteiger partial charge in [0.15, 0.2) is 0 Å². The number of urea groups is 1. The number of benzene rings is 4. The topological polar surface area (TPSA) is 71.4 Å². The highest BCUT2D eigenvalue weighted by molar-refractivity contribution is 9.10. The van der Waals surface area contributed by atoms with Crippen LogP contribution in [-0.2, 0) is 16.1 Å². The van der Waals surface area contributed by atoms with Crippen molar-refractivity contribution in [3.8, 4) is 0 Å². The van der Waals surface area contributed by atoms with Crippen LogP contribution >= 0.6 is 15.9 Å². The Hall–Kier alpha value is -4.49. The molecule has 186 valence electrons. The molecule has 1 fully saturated rings. The second-order valence-electron chi connectivity index (χ2n) is 9.26. The number of anilines is 1. The summed E-state index contributed by atoms with van der Waals surface area (Å²) in [5, 5.41) is 5.57. The van der Waals surface area contributed by atoms with E-state index >= 15 is 0 Å². The van der Waals surface area contributed by atoms with E-state index in [-0.39, 0.29) is 5.57 Å². The Bertz CT molecular complexity index is 1810. The molecule has 1 aliphatic rings. The van der Waals surface area contributed by atoms with Crippen LogP contribution in [0.1, 0.15) is 16.7 Å². The first-order valence-electron chi connectivity index (χ1n) is 12.1. The number of carbonyl (C=O) groups is 3. The van der Waals surface area contributed by atoms with Gasteiger partial charge in [0, 0.05) is 33.7 Å². The molecule has 0 unspecified atom stereocenters. The Labute approximate surface area is 227 Å². The van der Waals surface area contributed by atoms with Crippen LogP contribution in [0.2, 0.25) is 0 Å². The molecule has 2 heterocycles. The van der Waals surface area contributed by atoms with Gasteiger partial charge in [-0.15, -0.1) is 0 Å². The third kappa shape index (κ3) is 4.11. The fourth-order valence-corrected chi connectivity index (χ4v) is 5.20. The number of aryl methyl sites for hydroxylation is 1. The Morgan fingerprint density at radius 1 is 0.868 bits per heavy atom. The van der Waals surface area contributed by atoms with E-state index in [4.69, 9.17) is 0 Å². The lowest BCUT2D eigenvalue weighted by atomic mass is 10.0. The van der Waals surface area contributed by atoms with Crippen molar-refractivity contribution >= 4 is 67.2 Å². The Morgan fingerprint density at radius 2 is 1.61 bits per heavy atom. The van der Waals surface area contributed by atoms with E-state index in [9.17, 15) is 14.4 Å². The molecular weight excluding hydrogens is 542 g/mol. The van der Waals surface area contributed by atoms with Crippen LogP contribution in [0.4, 0.5) is 10.5 Å². The molecule has 0 spiro atoms. The quantitative estimate of drug-likeness (QED) is 0.198. The Morgan fingerprint density at radius 3 is 2.42 bits per heavy atom. The molecule has 0 bridgehead atoms. The summed E-state index contributed by atoms with van der Waals surface area (Å²) in [4.78, 5) is 40.0. The highest BCUT2D eigenvalue weighted by atomic mass is 79.9. The van der Waals surface area contributed by atoms with Gasteiger partial charge < -0.3 is 4.57 Å². The van der Waals surface area contributed by atoms with E-state index in [0.717, 1.165) is 37.0 Å². The first-order valence-corrected chi connectivity index (χ1v) is 12.9. The zero-order chi connectivity index (χ0) is 26.4. The summed E-state index contributed by atoms with van der Waals surface area (Å²) in [6, 6.07) is 26.8. The van der Waals surface area contributed by atoms with Gasteiger partial charge in [-0.25, -0.2) is 9.69 Å². The molecule has 0 saturated carbocycles. The molecule has 1 aromatic heterocycles.